The summed E-state index contributed by atoms with van der Waals surface area (Å²) in [6.07, 6.45) is 12.3. The molecule has 0 saturated heterocycles. The van der Waals surface area contributed by atoms with Crippen molar-refractivity contribution < 1.29 is 17.6 Å². The lowest BCUT2D eigenvalue weighted by Gasteiger charge is -2.29. The van der Waals surface area contributed by atoms with Crippen molar-refractivity contribution in [3.05, 3.63) is 95.6 Å². The van der Waals surface area contributed by atoms with Crippen molar-refractivity contribution in [2.75, 3.05) is 0 Å². The summed E-state index contributed by atoms with van der Waals surface area (Å²) in [5.41, 5.74) is 2.18. The molecule has 0 bridgehead atoms. The number of hydrogen-bond donors (Lipinski definition) is 0. The van der Waals surface area contributed by atoms with Gasteiger partial charge in [0.1, 0.15) is 0 Å². The number of halogens is 4. The van der Waals surface area contributed by atoms with Crippen LogP contribution >= 0.6 is 0 Å². The molecular formula is C34H38F4. The topological polar surface area (TPSA) is 0 Å². The maximum atomic E-state index is 15.2. The Hall–Kier alpha value is -2.88. The maximum absolute atomic E-state index is 15.2. The SMILES string of the molecule is C=CCCC1CCC(c2ccc(-c3ccc(-c4ccc(CCCCCC)c(F)c4F)cc3)c(F)c2F)CC1. The van der Waals surface area contributed by atoms with E-state index in [1.165, 1.54) is 0 Å². The minimum Gasteiger partial charge on any atom is -0.203 e. The van der Waals surface area contributed by atoms with E-state index in [1.807, 2.05) is 6.08 Å². The second kappa shape index (κ2) is 13.3. The molecule has 0 amide bonds. The number of unbranched alkanes of at least 4 members (excludes halogenated alkanes) is 3. The lowest BCUT2D eigenvalue weighted by Crippen LogP contribution is -2.15. The first kappa shape index (κ1) is 28.1. The zero-order chi connectivity index (χ0) is 27.1. The molecule has 1 fully saturated rings. The minimum atomic E-state index is -0.869. The van der Waals surface area contributed by atoms with Gasteiger partial charge in [-0.2, -0.15) is 0 Å². The Morgan fingerprint density at radius 1 is 0.711 bits per heavy atom. The highest BCUT2D eigenvalue weighted by Gasteiger charge is 2.26. The van der Waals surface area contributed by atoms with Crippen LogP contribution in [0, 0.1) is 29.2 Å². The number of hydrogen-bond acceptors (Lipinski definition) is 0. The lowest BCUT2D eigenvalue weighted by molar-refractivity contribution is 0.306. The van der Waals surface area contributed by atoms with Gasteiger partial charge in [0.15, 0.2) is 23.3 Å². The van der Waals surface area contributed by atoms with Crippen molar-refractivity contribution in [3.8, 4) is 22.3 Å². The fourth-order valence-corrected chi connectivity index (χ4v) is 5.80. The van der Waals surface area contributed by atoms with Gasteiger partial charge in [-0.25, -0.2) is 17.6 Å². The minimum absolute atomic E-state index is 0.0356. The highest BCUT2D eigenvalue weighted by molar-refractivity contribution is 5.71. The zero-order valence-corrected chi connectivity index (χ0v) is 22.3. The average molecular weight is 523 g/mol. The lowest BCUT2D eigenvalue weighted by atomic mass is 9.77. The van der Waals surface area contributed by atoms with E-state index in [-0.39, 0.29) is 17.0 Å². The molecule has 3 aromatic rings. The first-order valence-corrected chi connectivity index (χ1v) is 14.1. The molecular weight excluding hydrogens is 484 g/mol. The van der Waals surface area contributed by atoms with Gasteiger partial charge >= 0.3 is 0 Å². The third-order valence-electron chi connectivity index (χ3n) is 8.15. The quantitative estimate of drug-likeness (QED) is 0.133. The summed E-state index contributed by atoms with van der Waals surface area (Å²) in [5.74, 6) is -2.63. The van der Waals surface area contributed by atoms with Gasteiger partial charge in [-0.15, -0.1) is 6.58 Å². The molecule has 0 aliphatic heterocycles. The van der Waals surface area contributed by atoms with Crippen LogP contribution in [0.3, 0.4) is 0 Å². The maximum Gasteiger partial charge on any atom is 0.166 e. The Balaban J connectivity index is 1.48. The standard InChI is InChI=1S/C34H38F4/c1-3-5-7-8-10-27-19-20-28(32(36)31(27)35)25-15-17-26(18-16-25)30-22-21-29(33(37)34(30)38)24-13-11-23(12-14-24)9-6-4-2/h4,15-24H,2-3,5-14H2,1H3. The van der Waals surface area contributed by atoms with Crippen molar-refractivity contribution in [1.82, 2.24) is 0 Å². The average Bonchev–Trinajstić information content (AvgIpc) is 2.94. The summed E-state index contributed by atoms with van der Waals surface area (Å²) in [6, 6.07) is 13.1. The van der Waals surface area contributed by atoms with Gasteiger partial charge in [0.25, 0.3) is 0 Å². The van der Waals surface area contributed by atoms with Crippen molar-refractivity contribution >= 4 is 0 Å². The fraction of sp³-hybridized carbons (Fsp3) is 0.412. The van der Waals surface area contributed by atoms with E-state index in [0.717, 1.165) is 64.2 Å². The molecule has 0 unspecified atom stereocenters. The van der Waals surface area contributed by atoms with E-state index < -0.39 is 23.3 Å². The Morgan fingerprint density at radius 3 is 1.92 bits per heavy atom. The second-order valence-corrected chi connectivity index (χ2v) is 10.7. The molecule has 3 aromatic carbocycles. The summed E-state index contributed by atoms with van der Waals surface area (Å²) in [6.45, 7) is 5.89. The van der Waals surface area contributed by atoms with Crippen LogP contribution in [0.25, 0.3) is 22.3 Å². The molecule has 4 rings (SSSR count). The number of rotatable bonds is 11. The summed E-state index contributed by atoms with van der Waals surface area (Å²) < 4.78 is 59.9. The normalized spacial score (nSPS) is 17.5. The smallest absolute Gasteiger partial charge is 0.166 e. The summed E-state index contributed by atoms with van der Waals surface area (Å²) in [5, 5.41) is 0. The van der Waals surface area contributed by atoms with E-state index in [4.69, 9.17) is 0 Å². The van der Waals surface area contributed by atoms with Crippen LogP contribution in [0.5, 0.6) is 0 Å². The van der Waals surface area contributed by atoms with Crippen LogP contribution in [0.2, 0.25) is 0 Å². The molecule has 38 heavy (non-hydrogen) atoms. The molecule has 1 aliphatic rings. The summed E-state index contributed by atoms with van der Waals surface area (Å²) >= 11 is 0. The van der Waals surface area contributed by atoms with E-state index >= 15 is 8.78 Å². The number of benzene rings is 3. The molecule has 0 spiro atoms. The Bertz CT molecular complexity index is 1220. The largest absolute Gasteiger partial charge is 0.203 e. The van der Waals surface area contributed by atoms with Crippen molar-refractivity contribution in [2.45, 2.75) is 83.5 Å². The summed E-state index contributed by atoms with van der Waals surface area (Å²) in [4.78, 5) is 0. The van der Waals surface area contributed by atoms with E-state index in [0.29, 0.717) is 34.6 Å². The van der Waals surface area contributed by atoms with Gasteiger partial charge in [-0.1, -0.05) is 80.8 Å². The van der Waals surface area contributed by atoms with E-state index in [1.54, 1.807) is 48.5 Å². The van der Waals surface area contributed by atoms with Gasteiger partial charge in [0, 0.05) is 11.1 Å². The molecule has 0 radical (unpaired) electrons. The zero-order valence-electron chi connectivity index (χ0n) is 22.3. The number of allylic oxidation sites excluding steroid dienone is 1. The third kappa shape index (κ3) is 6.39. The molecule has 0 nitrogen and oxygen atoms in total. The van der Waals surface area contributed by atoms with Crippen molar-refractivity contribution in [3.63, 3.8) is 0 Å². The molecule has 0 N–H and O–H groups in total. The molecule has 0 heterocycles. The predicted molar refractivity (Wildman–Crippen MR) is 149 cm³/mol. The fourth-order valence-electron chi connectivity index (χ4n) is 5.80. The highest BCUT2D eigenvalue weighted by Crippen LogP contribution is 2.40. The molecule has 0 atom stereocenters. The Kier molecular flexibility index (Phi) is 9.82. The van der Waals surface area contributed by atoms with Crippen molar-refractivity contribution in [2.24, 2.45) is 5.92 Å². The summed E-state index contributed by atoms with van der Waals surface area (Å²) in [7, 11) is 0. The van der Waals surface area contributed by atoms with Gasteiger partial charge in [-0.05, 0) is 85.5 Å². The molecule has 1 saturated carbocycles. The van der Waals surface area contributed by atoms with Gasteiger partial charge in [0.05, 0.1) is 0 Å². The first-order chi connectivity index (χ1) is 18.4. The van der Waals surface area contributed by atoms with E-state index in [2.05, 4.69) is 13.5 Å². The van der Waals surface area contributed by atoms with Crippen molar-refractivity contribution in [1.29, 1.82) is 0 Å². The van der Waals surface area contributed by atoms with Gasteiger partial charge < -0.3 is 0 Å². The van der Waals surface area contributed by atoms with Crippen LogP contribution < -0.4 is 0 Å². The van der Waals surface area contributed by atoms with Gasteiger partial charge in [0.2, 0.25) is 0 Å². The van der Waals surface area contributed by atoms with Crippen LogP contribution in [-0.4, -0.2) is 0 Å². The van der Waals surface area contributed by atoms with Crippen LogP contribution in [0.4, 0.5) is 17.6 Å². The Morgan fingerprint density at radius 2 is 1.32 bits per heavy atom. The highest BCUT2D eigenvalue weighted by atomic mass is 19.2. The third-order valence-corrected chi connectivity index (χ3v) is 8.15. The van der Waals surface area contributed by atoms with Gasteiger partial charge in [-0.3, -0.25) is 0 Å². The molecule has 4 heteroatoms. The first-order valence-electron chi connectivity index (χ1n) is 14.1. The molecule has 202 valence electrons. The molecule has 1 aliphatic carbocycles. The van der Waals surface area contributed by atoms with Crippen LogP contribution in [-0.2, 0) is 6.42 Å². The van der Waals surface area contributed by atoms with Crippen LogP contribution in [0.15, 0.2) is 61.2 Å². The predicted octanol–water partition coefficient (Wildman–Crippen LogP) is 10.9. The second-order valence-electron chi connectivity index (χ2n) is 10.7. The van der Waals surface area contributed by atoms with E-state index in [9.17, 15) is 8.78 Å². The number of aryl methyl sites for hydroxylation is 1. The Labute approximate surface area is 224 Å². The monoisotopic (exact) mass is 522 g/mol. The molecule has 0 aromatic heterocycles. The van der Waals surface area contributed by atoms with Crippen LogP contribution in [0.1, 0.15) is 88.2 Å².